The molecule has 1 aliphatic rings. The Kier molecular flexibility index (Phi) is 4.48. The second-order valence-corrected chi connectivity index (χ2v) is 7.17. The molecule has 0 unspecified atom stereocenters. The Morgan fingerprint density at radius 2 is 1.93 bits per heavy atom. The Balaban J connectivity index is 1.46. The smallest absolute Gasteiger partial charge is 0.261 e. The largest absolute Gasteiger partial charge is 0.326 e. The number of fused-ring (bicyclic) bond motifs is 1. The van der Waals surface area contributed by atoms with E-state index in [1.54, 1.807) is 23.6 Å². The number of carbonyl (C=O) groups excluding carboxylic acids is 3. The van der Waals surface area contributed by atoms with Crippen LogP contribution in [-0.2, 0) is 11.2 Å². The van der Waals surface area contributed by atoms with Gasteiger partial charge in [-0.1, -0.05) is 12.1 Å². The Hall–Kier alpha value is -3.39. The van der Waals surface area contributed by atoms with Crippen LogP contribution >= 0.6 is 11.3 Å². The first-order valence-electron chi connectivity index (χ1n) is 8.39. The number of aromatic nitrogens is 1. The maximum atomic E-state index is 13.3. The van der Waals surface area contributed by atoms with Crippen LogP contribution in [-0.4, -0.2) is 34.7 Å². The summed E-state index contributed by atoms with van der Waals surface area (Å²) in [5.41, 5.74) is 2.24. The van der Waals surface area contributed by atoms with Crippen LogP contribution in [0.5, 0.6) is 0 Å². The number of hydrogen-bond donors (Lipinski definition) is 1. The van der Waals surface area contributed by atoms with E-state index in [-0.39, 0.29) is 29.6 Å². The number of benzene rings is 2. The van der Waals surface area contributed by atoms with Crippen LogP contribution in [0.1, 0.15) is 26.4 Å². The molecule has 28 heavy (non-hydrogen) atoms. The van der Waals surface area contributed by atoms with Crippen molar-refractivity contribution in [3.63, 3.8) is 0 Å². The van der Waals surface area contributed by atoms with Crippen LogP contribution in [0.25, 0.3) is 10.6 Å². The Labute approximate surface area is 163 Å². The van der Waals surface area contributed by atoms with Crippen molar-refractivity contribution in [2.24, 2.45) is 0 Å². The lowest BCUT2D eigenvalue weighted by molar-refractivity contribution is -0.115. The molecule has 0 saturated carbocycles. The highest BCUT2D eigenvalue weighted by Crippen LogP contribution is 2.26. The summed E-state index contributed by atoms with van der Waals surface area (Å²) in [6.45, 7) is 0. The van der Waals surface area contributed by atoms with Crippen molar-refractivity contribution in [3.8, 4) is 10.6 Å². The summed E-state index contributed by atoms with van der Waals surface area (Å²) < 4.78 is 13.3. The molecule has 0 atom stereocenters. The maximum Gasteiger partial charge on any atom is 0.261 e. The maximum absolute atomic E-state index is 13.3. The first kappa shape index (κ1) is 18.0. The molecular weight excluding hydrogens is 381 g/mol. The lowest BCUT2D eigenvalue weighted by Crippen LogP contribution is -2.24. The SMILES string of the molecule is CN1C(=O)c2ccc(NC(=O)Cc3csc(-c4cccc(F)c4)n3)cc2C1=O. The number of imide groups is 1. The topological polar surface area (TPSA) is 79.4 Å². The Morgan fingerprint density at radius 1 is 1.14 bits per heavy atom. The number of amides is 3. The normalized spacial score (nSPS) is 13.0. The molecule has 8 heteroatoms. The third-order valence-corrected chi connectivity index (χ3v) is 5.28. The van der Waals surface area contributed by atoms with Gasteiger partial charge in [-0.05, 0) is 30.3 Å². The van der Waals surface area contributed by atoms with Crippen molar-refractivity contribution in [2.45, 2.75) is 6.42 Å². The van der Waals surface area contributed by atoms with E-state index in [4.69, 9.17) is 0 Å². The third kappa shape index (κ3) is 3.29. The van der Waals surface area contributed by atoms with Gasteiger partial charge in [-0.2, -0.15) is 0 Å². The van der Waals surface area contributed by atoms with Crippen molar-refractivity contribution < 1.29 is 18.8 Å². The second kappa shape index (κ2) is 6.97. The molecule has 1 aromatic heterocycles. The average Bonchev–Trinajstić information content (AvgIpc) is 3.21. The van der Waals surface area contributed by atoms with E-state index < -0.39 is 5.91 Å². The van der Waals surface area contributed by atoms with Gasteiger partial charge in [-0.15, -0.1) is 11.3 Å². The number of carbonyl (C=O) groups is 3. The molecular formula is C20H14FN3O3S. The molecule has 0 spiro atoms. The minimum atomic E-state index is -0.393. The molecule has 0 aliphatic carbocycles. The molecule has 2 aromatic carbocycles. The number of nitrogens with zero attached hydrogens (tertiary/aromatic N) is 2. The summed E-state index contributed by atoms with van der Waals surface area (Å²) in [6, 6.07) is 10.7. The van der Waals surface area contributed by atoms with Crippen LogP contribution in [0.15, 0.2) is 47.8 Å². The van der Waals surface area contributed by atoms with Gasteiger partial charge in [0.1, 0.15) is 10.8 Å². The molecule has 0 fully saturated rings. The van der Waals surface area contributed by atoms with Crippen LogP contribution in [0.2, 0.25) is 0 Å². The number of rotatable bonds is 4. The van der Waals surface area contributed by atoms with Crippen molar-refractivity contribution in [1.29, 1.82) is 0 Å². The number of hydrogen-bond acceptors (Lipinski definition) is 5. The minimum absolute atomic E-state index is 0.0374. The van der Waals surface area contributed by atoms with Crippen LogP contribution in [0.3, 0.4) is 0 Å². The van der Waals surface area contributed by atoms with Gasteiger partial charge in [-0.25, -0.2) is 9.37 Å². The molecule has 2 heterocycles. The number of anilines is 1. The predicted molar refractivity (Wildman–Crippen MR) is 103 cm³/mol. The van der Waals surface area contributed by atoms with Gasteiger partial charge in [0.15, 0.2) is 0 Å². The summed E-state index contributed by atoms with van der Waals surface area (Å²) in [5.74, 6) is -1.40. The summed E-state index contributed by atoms with van der Waals surface area (Å²) in [4.78, 5) is 41.7. The molecule has 0 bridgehead atoms. The van der Waals surface area contributed by atoms with Gasteiger partial charge in [-0.3, -0.25) is 19.3 Å². The van der Waals surface area contributed by atoms with Crippen LogP contribution in [0, 0.1) is 5.82 Å². The number of thiazole rings is 1. The zero-order valence-electron chi connectivity index (χ0n) is 14.7. The van der Waals surface area contributed by atoms with E-state index in [0.717, 1.165) is 4.90 Å². The molecule has 3 aromatic rings. The first-order valence-corrected chi connectivity index (χ1v) is 9.27. The summed E-state index contributed by atoms with van der Waals surface area (Å²) in [6.07, 6.45) is 0.0374. The highest BCUT2D eigenvalue weighted by atomic mass is 32.1. The van der Waals surface area contributed by atoms with Gasteiger partial charge < -0.3 is 5.32 Å². The molecule has 3 amide bonds. The van der Waals surface area contributed by atoms with Crippen molar-refractivity contribution >= 4 is 34.7 Å². The Bertz CT molecular complexity index is 1130. The van der Waals surface area contributed by atoms with Crippen molar-refractivity contribution in [1.82, 2.24) is 9.88 Å². The van der Waals surface area contributed by atoms with Gasteiger partial charge in [0.2, 0.25) is 5.91 Å². The van der Waals surface area contributed by atoms with Gasteiger partial charge in [0.05, 0.1) is 23.2 Å². The van der Waals surface area contributed by atoms with E-state index in [1.807, 2.05) is 0 Å². The zero-order valence-corrected chi connectivity index (χ0v) is 15.5. The molecule has 4 rings (SSSR count). The van der Waals surface area contributed by atoms with Crippen molar-refractivity contribution in [3.05, 3.63) is 70.5 Å². The minimum Gasteiger partial charge on any atom is -0.326 e. The quantitative estimate of drug-likeness (QED) is 0.687. The predicted octanol–water partition coefficient (Wildman–Crippen LogP) is 3.36. The fraction of sp³-hybridized carbons (Fsp3) is 0.100. The average molecular weight is 395 g/mol. The Morgan fingerprint density at radius 3 is 2.71 bits per heavy atom. The molecule has 0 saturated heterocycles. The summed E-state index contributed by atoms with van der Waals surface area (Å²) >= 11 is 1.33. The lowest BCUT2D eigenvalue weighted by atomic mass is 10.1. The third-order valence-electron chi connectivity index (χ3n) is 4.34. The zero-order chi connectivity index (χ0) is 19.8. The standard InChI is InChI=1S/C20H14FN3O3S/c1-24-19(26)15-6-5-13(8-16(15)20(24)27)22-17(25)9-14-10-28-18(23-14)11-3-2-4-12(21)7-11/h2-8,10H,9H2,1H3,(H,22,25). The fourth-order valence-electron chi connectivity index (χ4n) is 2.95. The number of halogens is 1. The first-order chi connectivity index (χ1) is 13.4. The molecule has 1 N–H and O–H groups in total. The van der Waals surface area contributed by atoms with E-state index in [2.05, 4.69) is 10.3 Å². The van der Waals surface area contributed by atoms with Crippen molar-refractivity contribution in [2.75, 3.05) is 12.4 Å². The van der Waals surface area contributed by atoms with Gasteiger partial charge >= 0.3 is 0 Å². The monoisotopic (exact) mass is 395 g/mol. The van der Waals surface area contributed by atoms with E-state index in [1.165, 1.54) is 42.6 Å². The highest BCUT2D eigenvalue weighted by molar-refractivity contribution is 7.13. The number of nitrogens with one attached hydrogen (secondary N) is 1. The van der Waals surface area contributed by atoms with Gasteiger partial charge in [0.25, 0.3) is 11.8 Å². The highest BCUT2D eigenvalue weighted by Gasteiger charge is 2.32. The van der Waals surface area contributed by atoms with Crippen LogP contribution < -0.4 is 5.32 Å². The fourth-order valence-corrected chi connectivity index (χ4v) is 3.77. The molecule has 0 radical (unpaired) electrons. The van der Waals surface area contributed by atoms with E-state index in [9.17, 15) is 18.8 Å². The molecule has 140 valence electrons. The van der Waals surface area contributed by atoms with Gasteiger partial charge in [0, 0.05) is 23.7 Å². The van der Waals surface area contributed by atoms with E-state index >= 15 is 0 Å². The lowest BCUT2D eigenvalue weighted by Gasteiger charge is -2.05. The summed E-state index contributed by atoms with van der Waals surface area (Å²) in [7, 11) is 1.42. The second-order valence-electron chi connectivity index (χ2n) is 6.31. The molecule has 1 aliphatic heterocycles. The van der Waals surface area contributed by atoms with E-state index in [0.29, 0.717) is 27.5 Å². The summed E-state index contributed by atoms with van der Waals surface area (Å²) in [5, 5.41) is 5.09. The van der Waals surface area contributed by atoms with Crippen LogP contribution in [0.4, 0.5) is 10.1 Å². The molecule has 6 nitrogen and oxygen atoms in total.